The number of carbonyl (C=O) groups is 1. The Bertz CT molecular complexity index is 1270. The van der Waals surface area contributed by atoms with Crippen molar-refractivity contribution >= 4 is 11.6 Å². The van der Waals surface area contributed by atoms with Gasteiger partial charge in [0, 0.05) is 22.9 Å². The number of rotatable bonds is 4. The van der Waals surface area contributed by atoms with E-state index >= 15 is 0 Å². The molecule has 2 aromatic carbocycles. The van der Waals surface area contributed by atoms with Crippen LogP contribution in [-0.4, -0.2) is 16.1 Å². The number of hydrogen-bond donors (Lipinski definition) is 2. The van der Waals surface area contributed by atoms with Crippen molar-refractivity contribution < 1.29 is 22.4 Å². The van der Waals surface area contributed by atoms with Gasteiger partial charge in [0.1, 0.15) is 5.76 Å². The summed E-state index contributed by atoms with van der Waals surface area (Å²) in [6.07, 6.45) is -4.42. The Morgan fingerprint density at radius 1 is 0.935 bits per heavy atom. The van der Waals surface area contributed by atoms with E-state index in [1.54, 1.807) is 30.3 Å². The number of hydrogen-bond acceptors (Lipinski definition) is 4. The Balaban J connectivity index is 1.50. The molecule has 2 N–H and O–H groups in total. The van der Waals surface area contributed by atoms with Crippen molar-refractivity contribution in [3.05, 3.63) is 94.5 Å². The smallest absolute Gasteiger partial charge is 0.416 e. The molecule has 6 nitrogen and oxygen atoms in total. The van der Waals surface area contributed by atoms with E-state index in [2.05, 4.69) is 15.5 Å². The van der Waals surface area contributed by atoms with Crippen LogP contribution >= 0.6 is 0 Å². The summed E-state index contributed by atoms with van der Waals surface area (Å²) in [7, 11) is 0. The van der Waals surface area contributed by atoms with E-state index in [4.69, 9.17) is 4.42 Å². The number of anilines is 1. The molecule has 0 atom stereocenters. The van der Waals surface area contributed by atoms with Gasteiger partial charge >= 0.3 is 6.18 Å². The van der Waals surface area contributed by atoms with Crippen LogP contribution in [-0.2, 0) is 6.18 Å². The van der Waals surface area contributed by atoms with Crippen LogP contribution in [0.3, 0.4) is 0 Å². The van der Waals surface area contributed by atoms with Gasteiger partial charge in [0.2, 0.25) is 0 Å². The highest BCUT2D eigenvalue weighted by molar-refractivity contribution is 6.02. The zero-order chi connectivity index (χ0) is 22.0. The average molecular weight is 425 g/mol. The maximum Gasteiger partial charge on any atom is 0.416 e. The number of halogens is 3. The number of nitrogens with zero attached hydrogens (tertiary/aromatic N) is 1. The molecule has 156 valence electrons. The van der Waals surface area contributed by atoms with Gasteiger partial charge in [-0.05, 0) is 42.5 Å². The van der Waals surface area contributed by atoms with E-state index in [0.29, 0.717) is 22.5 Å². The zero-order valence-electron chi connectivity index (χ0n) is 15.7. The van der Waals surface area contributed by atoms with E-state index in [0.717, 1.165) is 12.1 Å². The van der Waals surface area contributed by atoms with Crippen molar-refractivity contribution in [3.63, 3.8) is 0 Å². The fourth-order valence-corrected chi connectivity index (χ4v) is 2.89. The third-order valence-electron chi connectivity index (χ3n) is 4.42. The van der Waals surface area contributed by atoms with Crippen LogP contribution < -0.4 is 10.9 Å². The standard InChI is InChI=1S/C22H14F3N3O3/c23-22(24,25)15-6-4-13(5-7-15)18-9-10-19(31-18)21(30)26-16-3-1-2-14(12-16)17-8-11-20(29)28-27-17/h1-12H,(H,26,30)(H,28,29). The van der Waals surface area contributed by atoms with Crippen molar-refractivity contribution in [2.75, 3.05) is 5.32 Å². The molecule has 0 aliphatic rings. The number of carbonyl (C=O) groups excluding carboxylic acids is 1. The normalized spacial score (nSPS) is 11.3. The minimum Gasteiger partial charge on any atom is -0.451 e. The first-order valence-corrected chi connectivity index (χ1v) is 9.04. The lowest BCUT2D eigenvalue weighted by Gasteiger charge is -2.07. The molecule has 0 aliphatic heterocycles. The average Bonchev–Trinajstić information content (AvgIpc) is 3.24. The first-order valence-electron chi connectivity index (χ1n) is 9.04. The number of furan rings is 1. The Morgan fingerprint density at radius 3 is 2.39 bits per heavy atom. The molecule has 0 bridgehead atoms. The number of H-pyrrole nitrogens is 1. The Kier molecular flexibility index (Phi) is 5.16. The van der Waals surface area contributed by atoms with E-state index in [1.165, 1.54) is 30.3 Å². The largest absolute Gasteiger partial charge is 0.451 e. The SMILES string of the molecule is O=C(Nc1cccc(-c2ccc(=O)[nH]n2)c1)c1ccc(-c2ccc(C(F)(F)F)cc2)o1. The van der Waals surface area contributed by atoms with E-state index < -0.39 is 17.6 Å². The maximum absolute atomic E-state index is 12.7. The summed E-state index contributed by atoms with van der Waals surface area (Å²) in [6.45, 7) is 0. The number of aromatic amines is 1. The van der Waals surface area contributed by atoms with Gasteiger partial charge in [-0.3, -0.25) is 9.59 Å². The minimum absolute atomic E-state index is 0.00228. The van der Waals surface area contributed by atoms with E-state index in [9.17, 15) is 22.8 Å². The van der Waals surface area contributed by atoms with E-state index in [1.807, 2.05) is 0 Å². The molecule has 4 rings (SSSR count). The summed E-state index contributed by atoms with van der Waals surface area (Å²) < 4.78 is 43.6. The molecule has 0 aliphatic carbocycles. The molecule has 0 radical (unpaired) electrons. The summed E-state index contributed by atoms with van der Waals surface area (Å²) >= 11 is 0. The summed E-state index contributed by atoms with van der Waals surface area (Å²) in [5.74, 6) is -0.253. The highest BCUT2D eigenvalue weighted by Gasteiger charge is 2.30. The molecule has 0 unspecified atom stereocenters. The number of amides is 1. The van der Waals surface area contributed by atoms with Gasteiger partial charge < -0.3 is 9.73 Å². The third-order valence-corrected chi connectivity index (χ3v) is 4.42. The van der Waals surface area contributed by atoms with Crippen LogP contribution in [0.1, 0.15) is 16.1 Å². The first kappa shape index (κ1) is 20.1. The number of nitrogens with one attached hydrogen (secondary N) is 2. The predicted octanol–water partition coefficient (Wildman–Crippen LogP) is 4.97. The molecule has 0 saturated carbocycles. The second-order valence-electron chi connectivity index (χ2n) is 6.58. The third kappa shape index (κ3) is 4.55. The van der Waals surface area contributed by atoms with Crippen molar-refractivity contribution in [2.24, 2.45) is 0 Å². The Labute approximate surface area is 173 Å². The lowest BCUT2D eigenvalue weighted by Crippen LogP contribution is -2.11. The van der Waals surface area contributed by atoms with E-state index in [-0.39, 0.29) is 17.1 Å². The fourth-order valence-electron chi connectivity index (χ4n) is 2.89. The monoisotopic (exact) mass is 425 g/mol. The van der Waals surface area contributed by atoms with Gasteiger partial charge in [-0.1, -0.05) is 24.3 Å². The van der Waals surface area contributed by atoms with Crippen LogP contribution in [0.2, 0.25) is 0 Å². The van der Waals surface area contributed by atoms with Crippen LogP contribution in [0.25, 0.3) is 22.6 Å². The summed E-state index contributed by atoms with van der Waals surface area (Å²) in [4.78, 5) is 23.7. The van der Waals surface area contributed by atoms with Crippen LogP contribution in [0.15, 0.2) is 82.0 Å². The molecule has 31 heavy (non-hydrogen) atoms. The molecule has 0 saturated heterocycles. The molecule has 1 amide bonds. The van der Waals surface area contributed by atoms with Gasteiger partial charge in [0.15, 0.2) is 5.76 Å². The molecule has 2 heterocycles. The number of aromatic nitrogens is 2. The number of benzene rings is 2. The summed E-state index contributed by atoms with van der Waals surface area (Å²) in [6, 6.07) is 17.2. The van der Waals surface area contributed by atoms with Crippen molar-refractivity contribution in [1.29, 1.82) is 0 Å². The van der Waals surface area contributed by atoms with Crippen LogP contribution in [0.5, 0.6) is 0 Å². The molecule has 9 heteroatoms. The second kappa shape index (κ2) is 7.94. The topological polar surface area (TPSA) is 88.0 Å². The highest BCUT2D eigenvalue weighted by Crippen LogP contribution is 2.31. The molecule has 0 spiro atoms. The van der Waals surface area contributed by atoms with Gasteiger partial charge in [0.25, 0.3) is 11.5 Å². The van der Waals surface area contributed by atoms with Gasteiger partial charge in [-0.2, -0.15) is 18.3 Å². The second-order valence-corrected chi connectivity index (χ2v) is 6.58. The van der Waals surface area contributed by atoms with Crippen molar-refractivity contribution in [2.45, 2.75) is 6.18 Å². The quantitative estimate of drug-likeness (QED) is 0.483. The van der Waals surface area contributed by atoms with Crippen LogP contribution in [0, 0.1) is 0 Å². The van der Waals surface area contributed by atoms with Gasteiger partial charge in [0.05, 0.1) is 11.3 Å². The van der Waals surface area contributed by atoms with Crippen molar-refractivity contribution in [3.8, 4) is 22.6 Å². The highest BCUT2D eigenvalue weighted by atomic mass is 19.4. The molecule has 4 aromatic rings. The van der Waals surface area contributed by atoms with Gasteiger partial charge in [-0.15, -0.1) is 0 Å². The van der Waals surface area contributed by atoms with Crippen LogP contribution in [0.4, 0.5) is 18.9 Å². The Hall–Kier alpha value is -4.14. The van der Waals surface area contributed by atoms with Crippen molar-refractivity contribution in [1.82, 2.24) is 10.2 Å². The molecular weight excluding hydrogens is 411 g/mol. The van der Waals surface area contributed by atoms with Gasteiger partial charge in [-0.25, -0.2) is 5.10 Å². The first-order chi connectivity index (χ1) is 14.8. The lowest BCUT2D eigenvalue weighted by molar-refractivity contribution is -0.137. The molecule has 0 fully saturated rings. The summed E-state index contributed by atoms with van der Waals surface area (Å²) in [5, 5.41) is 8.98. The molecule has 2 aromatic heterocycles. The number of alkyl halides is 3. The summed E-state index contributed by atoms with van der Waals surface area (Å²) in [5.41, 5.74) is 1.01. The fraction of sp³-hybridized carbons (Fsp3) is 0.0455. The molecular formula is C22H14F3N3O3. The maximum atomic E-state index is 12.7. The Morgan fingerprint density at radius 2 is 1.71 bits per heavy atom. The lowest BCUT2D eigenvalue weighted by atomic mass is 10.1. The minimum atomic E-state index is -4.42. The predicted molar refractivity (Wildman–Crippen MR) is 107 cm³/mol. The zero-order valence-corrected chi connectivity index (χ0v) is 15.7.